The molecule has 3 aromatic rings. The molecule has 0 aliphatic heterocycles. The Morgan fingerprint density at radius 1 is 0.900 bits per heavy atom. The van der Waals surface area contributed by atoms with Gasteiger partial charge in [-0.1, -0.05) is 54.6 Å². The molecule has 0 fully saturated rings. The molecular formula is C23H20F3NO3. The average molecular weight is 415 g/mol. The normalized spacial score (nSPS) is 12.5. The molecule has 0 aromatic heterocycles. The van der Waals surface area contributed by atoms with Crippen LogP contribution in [-0.4, -0.2) is 23.0 Å². The molecule has 0 spiro atoms. The van der Waals surface area contributed by atoms with Crippen molar-refractivity contribution in [3.8, 4) is 0 Å². The minimum absolute atomic E-state index is 0.0773. The molecule has 0 aliphatic rings. The Morgan fingerprint density at radius 3 is 2.17 bits per heavy atom. The Hall–Kier alpha value is -3.35. The average Bonchev–Trinajstić information content (AvgIpc) is 2.67. The van der Waals surface area contributed by atoms with Crippen molar-refractivity contribution in [2.45, 2.75) is 31.5 Å². The zero-order chi connectivity index (χ0) is 21.7. The van der Waals surface area contributed by atoms with Crippen LogP contribution >= 0.6 is 0 Å². The molecule has 0 bridgehead atoms. The van der Waals surface area contributed by atoms with E-state index in [2.05, 4.69) is 5.32 Å². The first-order chi connectivity index (χ1) is 14.2. The lowest BCUT2D eigenvalue weighted by atomic mass is 10.0. The first kappa shape index (κ1) is 21.4. The fourth-order valence-electron chi connectivity index (χ4n) is 3.31. The monoisotopic (exact) mass is 415 g/mol. The third-order valence-corrected chi connectivity index (χ3v) is 4.73. The molecule has 156 valence electrons. The van der Waals surface area contributed by atoms with Crippen LogP contribution in [0.3, 0.4) is 0 Å². The molecule has 1 atom stereocenters. The van der Waals surface area contributed by atoms with Crippen molar-refractivity contribution in [2.75, 3.05) is 0 Å². The first-order valence-corrected chi connectivity index (χ1v) is 9.35. The lowest BCUT2D eigenvalue weighted by Crippen LogP contribution is -2.39. The van der Waals surface area contributed by atoms with Gasteiger partial charge in [-0.2, -0.15) is 13.2 Å². The summed E-state index contributed by atoms with van der Waals surface area (Å²) in [5, 5.41) is 13.9. The largest absolute Gasteiger partial charge is 0.481 e. The number of nitrogens with one attached hydrogen (secondary N) is 1. The number of hydrogen-bond donors (Lipinski definition) is 2. The topological polar surface area (TPSA) is 66.4 Å². The fourth-order valence-corrected chi connectivity index (χ4v) is 3.31. The molecule has 0 saturated carbocycles. The maximum atomic E-state index is 12.7. The molecule has 3 rings (SSSR count). The summed E-state index contributed by atoms with van der Waals surface area (Å²) in [5.74, 6) is -1.44. The standard InChI is InChI=1S/C23H20F3NO3/c24-23(25,26)19-9-6-15(7-10-19)12-20(14-22(29)30)27-21(28)13-16-5-8-17-3-1-2-4-18(17)11-16/h1-11,20H,12-14H2,(H,27,28)(H,29,30)/t20-/m0/s1. The summed E-state index contributed by atoms with van der Waals surface area (Å²) in [6.45, 7) is 0. The lowest BCUT2D eigenvalue weighted by Gasteiger charge is -2.18. The van der Waals surface area contributed by atoms with E-state index in [1.165, 1.54) is 12.1 Å². The summed E-state index contributed by atoms with van der Waals surface area (Å²) in [5.41, 5.74) is 0.524. The summed E-state index contributed by atoms with van der Waals surface area (Å²) in [6, 6.07) is 17.1. The van der Waals surface area contributed by atoms with Crippen LogP contribution in [0.2, 0.25) is 0 Å². The Balaban J connectivity index is 1.67. The molecule has 0 aliphatic carbocycles. The Bertz CT molecular complexity index is 1050. The maximum absolute atomic E-state index is 12.7. The predicted octanol–water partition coefficient (Wildman–Crippen LogP) is 4.60. The Kier molecular flexibility index (Phi) is 6.40. The van der Waals surface area contributed by atoms with Gasteiger partial charge >= 0.3 is 12.1 Å². The number of carbonyl (C=O) groups excluding carboxylic acids is 1. The third kappa shape index (κ3) is 5.83. The van der Waals surface area contributed by atoms with Crippen molar-refractivity contribution in [1.82, 2.24) is 5.32 Å². The zero-order valence-corrected chi connectivity index (χ0v) is 15.9. The minimum Gasteiger partial charge on any atom is -0.481 e. The quantitative estimate of drug-likeness (QED) is 0.593. The van der Waals surface area contributed by atoms with Crippen LogP contribution in [0.1, 0.15) is 23.1 Å². The fraction of sp³-hybridized carbons (Fsp3) is 0.217. The second-order valence-corrected chi connectivity index (χ2v) is 7.12. The van der Waals surface area contributed by atoms with Crippen molar-refractivity contribution >= 4 is 22.6 Å². The van der Waals surface area contributed by atoms with E-state index in [1.807, 2.05) is 42.5 Å². The van der Waals surface area contributed by atoms with E-state index in [1.54, 1.807) is 0 Å². The van der Waals surface area contributed by atoms with Gasteiger partial charge in [0, 0.05) is 6.04 Å². The van der Waals surface area contributed by atoms with Gasteiger partial charge < -0.3 is 10.4 Å². The van der Waals surface area contributed by atoms with Crippen LogP contribution < -0.4 is 5.32 Å². The van der Waals surface area contributed by atoms with Gasteiger partial charge in [-0.05, 0) is 40.5 Å². The van der Waals surface area contributed by atoms with Crippen LogP contribution in [0.15, 0.2) is 66.7 Å². The Labute approximate surface area is 171 Å². The number of alkyl halides is 3. The molecule has 0 saturated heterocycles. The number of carbonyl (C=O) groups is 2. The first-order valence-electron chi connectivity index (χ1n) is 9.35. The number of benzene rings is 3. The number of hydrogen-bond acceptors (Lipinski definition) is 2. The van der Waals surface area contributed by atoms with Crippen molar-refractivity contribution in [3.63, 3.8) is 0 Å². The van der Waals surface area contributed by atoms with Crippen molar-refractivity contribution in [1.29, 1.82) is 0 Å². The van der Waals surface area contributed by atoms with E-state index in [-0.39, 0.29) is 25.2 Å². The van der Waals surface area contributed by atoms with Crippen LogP contribution in [0.25, 0.3) is 10.8 Å². The van der Waals surface area contributed by atoms with Crippen LogP contribution in [0, 0.1) is 0 Å². The molecule has 1 amide bonds. The SMILES string of the molecule is O=C(O)C[C@H](Cc1ccc(C(F)(F)F)cc1)NC(=O)Cc1ccc2ccccc2c1. The number of carboxylic acid groups (broad SMARTS) is 1. The van der Waals surface area contributed by atoms with E-state index in [4.69, 9.17) is 5.11 Å². The van der Waals surface area contributed by atoms with E-state index < -0.39 is 23.8 Å². The van der Waals surface area contributed by atoms with Crippen molar-refractivity contribution < 1.29 is 27.9 Å². The summed E-state index contributed by atoms with van der Waals surface area (Å²) in [7, 11) is 0. The van der Waals surface area contributed by atoms with Gasteiger partial charge in [0.15, 0.2) is 0 Å². The number of fused-ring (bicyclic) bond motifs is 1. The number of carboxylic acids is 1. The minimum atomic E-state index is -4.44. The predicted molar refractivity (Wildman–Crippen MR) is 107 cm³/mol. The van der Waals surface area contributed by atoms with Crippen molar-refractivity contribution in [2.24, 2.45) is 0 Å². The van der Waals surface area contributed by atoms with Gasteiger partial charge in [0.1, 0.15) is 0 Å². The van der Waals surface area contributed by atoms with Gasteiger partial charge in [-0.3, -0.25) is 9.59 Å². The molecule has 7 heteroatoms. The highest BCUT2D eigenvalue weighted by atomic mass is 19.4. The molecule has 0 radical (unpaired) electrons. The van der Waals surface area contributed by atoms with E-state index in [9.17, 15) is 22.8 Å². The highest BCUT2D eigenvalue weighted by Gasteiger charge is 2.30. The molecular weight excluding hydrogens is 395 g/mol. The highest BCUT2D eigenvalue weighted by molar-refractivity contribution is 5.85. The molecule has 0 unspecified atom stereocenters. The molecule has 4 nitrogen and oxygen atoms in total. The molecule has 2 N–H and O–H groups in total. The van der Waals surface area contributed by atoms with E-state index in [0.29, 0.717) is 5.56 Å². The van der Waals surface area contributed by atoms with Gasteiger partial charge in [0.05, 0.1) is 18.4 Å². The second kappa shape index (κ2) is 8.98. The van der Waals surface area contributed by atoms with Gasteiger partial charge in [0.2, 0.25) is 5.91 Å². The van der Waals surface area contributed by atoms with Crippen molar-refractivity contribution in [3.05, 3.63) is 83.4 Å². The zero-order valence-electron chi connectivity index (χ0n) is 15.9. The van der Waals surface area contributed by atoms with Gasteiger partial charge in [-0.25, -0.2) is 0 Å². The molecule has 0 heterocycles. The molecule has 3 aromatic carbocycles. The van der Waals surface area contributed by atoms with E-state index in [0.717, 1.165) is 28.5 Å². The second-order valence-electron chi connectivity index (χ2n) is 7.12. The molecule has 30 heavy (non-hydrogen) atoms. The van der Waals surface area contributed by atoms with Crippen LogP contribution in [0.5, 0.6) is 0 Å². The van der Waals surface area contributed by atoms with E-state index >= 15 is 0 Å². The smallest absolute Gasteiger partial charge is 0.416 e. The summed E-state index contributed by atoms with van der Waals surface area (Å²) >= 11 is 0. The summed E-state index contributed by atoms with van der Waals surface area (Å²) in [4.78, 5) is 23.6. The number of halogens is 3. The number of amides is 1. The van der Waals surface area contributed by atoms with Crippen LogP contribution in [-0.2, 0) is 28.6 Å². The maximum Gasteiger partial charge on any atom is 0.416 e. The number of rotatable bonds is 7. The summed E-state index contributed by atoms with van der Waals surface area (Å²) in [6.07, 6.45) is -4.57. The highest BCUT2D eigenvalue weighted by Crippen LogP contribution is 2.29. The summed E-state index contributed by atoms with van der Waals surface area (Å²) < 4.78 is 38.1. The number of aliphatic carboxylic acids is 1. The Morgan fingerprint density at radius 2 is 1.53 bits per heavy atom. The van der Waals surface area contributed by atoms with Gasteiger partial charge in [-0.15, -0.1) is 0 Å². The third-order valence-electron chi connectivity index (χ3n) is 4.73. The van der Waals surface area contributed by atoms with Gasteiger partial charge in [0.25, 0.3) is 0 Å². The van der Waals surface area contributed by atoms with Crippen LogP contribution in [0.4, 0.5) is 13.2 Å². The lowest BCUT2D eigenvalue weighted by molar-refractivity contribution is -0.138.